The molecule has 0 saturated carbocycles. The number of nitrogens with two attached hydrogens (primary N) is 1. The minimum atomic E-state index is 0.866. The third-order valence-electron chi connectivity index (χ3n) is 4.20. The largest absolute Gasteiger partial charge is 0.330 e. The predicted molar refractivity (Wildman–Crippen MR) is 88.5 cm³/mol. The zero-order chi connectivity index (χ0) is 14.2. The molecule has 0 aliphatic heterocycles. The van der Waals surface area contributed by atoms with Crippen LogP contribution in [0, 0.1) is 5.92 Å². The Hall–Kier alpha value is -0.0400. The molecule has 0 rings (SSSR count). The van der Waals surface area contributed by atoms with Gasteiger partial charge in [-0.1, -0.05) is 97.3 Å². The van der Waals surface area contributed by atoms with Crippen molar-refractivity contribution in [3.8, 4) is 0 Å². The van der Waals surface area contributed by atoms with Crippen LogP contribution in [0.3, 0.4) is 0 Å². The van der Waals surface area contributed by atoms with Crippen LogP contribution in [-0.4, -0.2) is 6.54 Å². The van der Waals surface area contributed by atoms with Gasteiger partial charge < -0.3 is 5.73 Å². The van der Waals surface area contributed by atoms with Crippen molar-refractivity contribution in [2.45, 2.75) is 104 Å². The second kappa shape index (κ2) is 16.0. The maximum atomic E-state index is 5.52. The zero-order valence-corrected chi connectivity index (χ0v) is 13.8. The van der Waals surface area contributed by atoms with Gasteiger partial charge in [-0.3, -0.25) is 0 Å². The summed E-state index contributed by atoms with van der Waals surface area (Å²) in [5.41, 5.74) is 5.52. The SMILES string of the molecule is CCCCCCCCCCCCC(C)CCCCN. The van der Waals surface area contributed by atoms with Crippen molar-refractivity contribution < 1.29 is 0 Å². The Morgan fingerprint density at radius 1 is 0.632 bits per heavy atom. The molecule has 116 valence electrons. The number of hydrogen-bond donors (Lipinski definition) is 1. The van der Waals surface area contributed by atoms with E-state index in [0.717, 1.165) is 12.5 Å². The van der Waals surface area contributed by atoms with Crippen LogP contribution in [0.2, 0.25) is 0 Å². The fourth-order valence-electron chi connectivity index (χ4n) is 2.76. The molecule has 0 radical (unpaired) electrons. The standard InChI is InChI=1S/C18H39N/c1-3-4-5-6-7-8-9-10-11-12-15-18(2)16-13-14-17-19/h18H,3-17,19H2,1-2H3. The first-order valence-electron chi connectivity index (χ1n) is 9.01. The zero-order valence-electron chi connectivity index (χ0n) is 13.8. The van der Waals surface area contributed by atoms with Gasteiger partial charge in [0.15, 0.2) is 0 Å². The van der Waals surface area contributed by atoms with E-state index in [1.807, 2.05) is 0 Å². The molecule has 0 aromatic carbocycles. The molecule has 0 fully saturated rings. The van der Waals surface area contributed by atoms with Crippen molar-refractivity contribution in [3.05, 3.63) is 0 Å². The molecule has 2 N–H and O–H groups in total. The lowest BCUT2D eigenvalue weighted by Crippen LogP contribution is -2.00. The number of hydrogen-bond acceptors (Lipinski definition) is 1. The molecule has 0 aromatic heterocycles. The van der Waals surface area contributed by atoms with E-state index in [0.29, 0.717) is 0 Å². The van der Waals surface area contributed by atoms with Crippen LogP contribution in [-0.2, 0) is 0 Å². The summed E-state index contributed by atoms with van der Waals surface area (Å²) in [5, 5.41) is 0. The average molecular weight is 270 g/mol. The summed E-state index contributed by atoms with van der Waals surface area (Å²) in [5.74, 6) is 0.917. The summed E-state index contributed by atoms with van der Waals surface area (Å²) in [6, 6.07) is 0. The number of rotatable bonds is 15. The minimum Gasteiger partial charge on any atom is -0.330 e. The van der Waals surface area contributed by atoms with E-state index in [1.165, 1.54) is 89.9 Å². The van der Waals surface area contributed by atoms with Gasteiger partial charge >= 0.3 is 0 Å². The van der Waals surface area contributed by atoms with Gasteiger partial charge in [0.1, 0.15) is 0 Å². The molecule has 1 heteroatoms. The normalized spacial score (nSPS) is 12.8. The van der Waals surface area contributed by atoms with Gasteiger partial charge in [0.05, 0.1) is 0 Å². The Kier molecular flexibility index (Phi) is 16.0. The predicted octanol–water partition coefficient (Wildman–Crippen LogP) is 6.06. The summed E-state index contributed by atoms with van der Waals surface area (Å²) in [4.78, 5) is 0. The van der Waals surface area contributed by atoms with E-state index in [-0.39, 0.29) is 0 Å². The smallest absolute Gasteiger partial charge is 0.00773 e. The van der Waals surface area contributed by atoms with Crippen LogP contribution >= 0.6 is 0 Å². The van der Waals surface area contributed by atoms with Gasteiger partial charge in [0.25, 0.3) is 0 Å². The molecule has 0 aliphatic rings. The molecule has 0 heterocycles. The van der Waals surface area contributed by atoms with Crippen molar-refractivity contribution in [1.82, 2.24) is 0 Å². The van der Waals surface area contributed by atoms with Gasteiger partial charge in [0, 0.05) is 0 Å². The molecule has 0 spiro atoms. The van der Waals surface area contributed by atoms with Gasteiger partial charge in [-0.15, -0.1) is 0 Å². The van der Waals surface area contributed by atoms with E-state index < -0.39 is 0 Å². The topological polar surface area (TPSA) is 26.0 Å². The molecule has 0 bridgehead atoms. The lowest BCUT2D eigenvalue weighted by Gasteiger charge is -2.10. The first-order chi connectivity index (χ1) is 9.31. The lowest BCUT2D eigenvalue weighted by molar-refractivity contribution is 0.438. The van der Waals surface area contributed by atoms with E-state index in [4.69, 9.17) is 5.73 Å². The highest BCUT2D eigenvalue weighted by atomic mass is 14.5. The van der Waals surface area contributed by atoms with Gasteiger partial charge in [-0.2, -0.15) is 0 Å². The van der Waals surface area contributed by atoms with Crippen molar-refractivity contribution >= 4 is 0 Å². The highest BCUT2D eigenvalue weighted by Crippen LogP contribution is 2.17. The molecule has 0 amide bonds. The first kappa shape index (κ1) is 19.0. The van der Waals surface area contributed by atoms with E-state index in [9.17, 15) is 0 Å². The van der Waals surface area contributed by atoms with Crippen LogP contribution in [0.15, 0.2) is 0 Å². The van der Waals surface area contributed by atoms with Crippen LogP contribution in [0.5, 0.6) is 0 Å². The Labute approximate surface area is 122 Å². The second-order valence-corrected chi connectivity index (χ2v) is 6.36. The van der Waals surface area contributed by atoms with Crippen LogP contribution < -0.4 is 5.73 Å². The Bertz CT molecular complexity index is 156. The molecule has 1 atom stereocenters. The molecular weight excluding hydrogens is 230 g/mol. The monoisotopic (exact) mass is 269 g/mol. The summed E-state index contributed by atoms with van der Waals surface area (Å²) in [6.07, 6.45) is 19.8. The third kappa shape index (κ3) is 15.9. The number of unbranched alkanes of at least 4 members (excludes halogenated alkanes) is 10. The highest BCUT2D eigenvalue weighted by Gasteiger charge is 2.01. The van der Waals surface area contributed by atoms with Crippen molar-refractivity contribution in [2.75, 3.05) is 6.54 Å². The molecule has 1 nitrogen and oxygen atoms in total. The Balaban J connectivity index is 3.05. The van der Waals surface area contributed by atoms with Gasteiger partial charge in [-0.05, 0) is 18.9 Å². The van der Waals surface area contributed by atoms with E-state index >= 15 is 0 Å². The Morgan fingerprint density at radius 3 is 1.53 bits per heavy atom. The quantitative estimate of drug-likeness (QED) is 0.359. The Morgan fingerprint density at radius 2 is 1.05 bits per heavy atom. The van der Waals surface area contributed by atoms with Crippen molar-refractivity contribution in [1.29, 1.82) is 0 Å². The summed E-state index contributed by atoms with van der Waals surface area (Å²) in [6.45, 7) is 5.56. The molecule has 0 aromatic rings. The van der Waals surface area contributed by atoms with Crippen molar-refractivity contribution in [2.24, 2.45) is 11.7 Å². The maximum Gasteiger partial charge on any atom is -0.00773 e. The first-order valence-corrected chi connectivity index (χ1v) is 9.01. The lowest BCUT2D eigenvalue weighted by atomic mass is 9.96. The molecule has 19 heavy (non-hydrogen) atoms. The fourth-order valence-corrected chi connectivity index (χ4v) is 2.76. The summed E-state index contributed by atoms with van der Waals surface area (Å²) >= 11 is 0. The molecule has 0 aliphatic carbocycles. The molecule has 1 unspecified atom stereocenters. The van der Waals surface area contributed by atoms with Gasteiger partial charge in [0.2, 0.25) is 0 Å². The van der Waals surface area contributed by atoms with Crippen LogP contribution in [0.25, 0.3) is 0 Å². The summed E-state index contributed by atoms with van der Waals surface area (Å²) < 4.78 is 0. The van der Waals surface area contributed by atoms with E-state index in [2.05, 4.69) is 13.8 Å². The highest BCUT2D eigenvalue weighted by molar-refractivity contribution is 4.55. The third-order valence-corrected chi connectivity index (χ3v) is 4.20. The van der Waals surface area contributed by atoms with Gasteiger partial charge in [-0.25, -0.2) is 0 Å². The van der Waals surface area contributed by atoms with Crippen molar-refractivity contribution in [3.63, 3.8) is 0 Å². The second-order valence-electron chi connectivity index (χ2n) is 6.36. The molecule has 0 saturated heterocycles. The average Bonchev–Trinajstić information content (AvgIpc) is 2.41. The summed E-state index contributed by atoms with van der Waals surface area (Å²) in [7, 11) is 0. The maximum absolute atomic E-state index is 5.52. The fraction of sp³-hybridized carbons (Fsp3) is 1.00. The minimum absolute atomic E-state index is 0.866. The van der Waals surface area contributed by atoms with Crippen LogP contribution in [0.1, 0.15) is 104 Å². The van der Waals surface area contributed by atoms with E-state index in [1.54, 1.807) is 0 Å². The van der Waals surface area contributed by atoms with Crippen LogP contribution in [0.4, 0.5) is 0 Å². The molecular formula is C18H39N.